The average Bonchev–Trinajstić information content (AvgIpc) is 2.39. The van der Waals surface area contributed by atoms with Crippen LogP contribution in [-0.4, -0.2) is 48.2 Å². The number of nitro benzene ring substituents is 1. The lowest BCUT2D eigenvalue weighted by Gasteiger charge is -2.41. The molecule has 122 valence electrons. The van der Waals surface area contributed by atoms with E-state index >= 15 is 0 Å². The zero-order valence-corrected chi connectivity index (χ0v) is 12.6. The van der Waals surface area contributed by atoms with E-state index in [-0.39, 0.29) is 23.3 Å². The second-order valence-electron chi connectivity index (χ2n) is 5.27. The summed E-state index contributed by atoms with van der Waals surface area (Å²) in [6, 6.07) is 3.84. The van der Waals surface area contributed by atoms with Gasteiger partial charge in [-0.15, -0.1) is 0 Å². The predicted octanol–water partition coefficient (Wildman–Crippen LogP) is 3.32. The lowest BCUT2D eigenvalue weighted by Crippen LogP contribution is -2.54. The monoisotopic (exact) mass is 337 g/mol. The molecule has 0 spiro atoms. The molecule has 2 rings (SSSR count). The fourth-order valence-corrected chi connectivity index (χ4v) is 2.84. The molecule has 1 aromatic rings. The molecule has 1 saturated heterocycles. The fraction of sp³-hybridized carbons (Fsp3) is 0.538. The molecular formula is C13H15ClF3N3O2. The third-order valence-corrected chi connectivity index (χ3v) is 3.93. The van der Waals surface area contributed by atoms with Crippen LogP contribution in [-0.2, 0) is 0 Å². The summed E-state index contributed by atoms with van der Waals surface area (Å²) in [6.07, 6.45) is -4.22. The molecule has 0 radical (unpaired) electrons. The van der Waals surface area contributed by atoms with Crippen LogP contribution in [0.15, 0.2) is 18.2 Å². The zero-order chi connectivity index (χ0) is 16.5. The number of rotatable bonds is 3. The molecule has 1 unspecified atom stereocenters. The molecule has 1 fully saturated rings. The molecule has 1 aliphatic rings. The Morgan fingerprint density at radius 3 is 2.59 bits per heavy atom. The highest BCUT2D eigenvalue weighted by atomic mass is 35.5. The number of hydrogen-bond acceptors (Lipinski definition) is 4. The molecule has 1 atom stereocenters. The van der Waals surface area contributed by atoms with Gasteiger partial charge in [-0.3, -0.25) is 15.0 Å². The van der Waals surface area contributed by atoms with Crippen molar-refractivity contribution in [2.45, 2.75) is 19.1 Å². The van der Waals surface area contributed by atoms with Crippen molar-refractivity contribution in [1.82, 2.24) is 4.90 Å². The smallest absolute Gasteiger partial charge is 0.367 e. The molecule has 0 saturated carbocycles. The molecular weight excluding hydrogens is 323 g/mol. The highest BCUT2D eigenvalue weighted by Gasteiger charge is 2.35. The van der Waals surface area contributed by atoms with Crippen LogP contribution < -0.4 is 4.90 Å². The van der Waals surface area contributed by atoms with Gasteiger partial charge >= 0.3 is 6.18 Å². The summed E-state index contributed by atoms with van der Waals surface area (Å²) < 4.78 is 37.4. The van der Waals surface area contributed by atoms with E-state index in [9.17, 15) is 23.3 Å². The molecule has 0 bridgehead atoms. The number of hydrogen-bond donors (Lipinski definition) is 0. The van der Waals surface area contributed by atoms with Gasteiger partial charge in [0.05, 0.1) is 22.2 Å². The van der Waals surface area contributed by atoms with Crippen molar-refractivity contribution in [2.75, 3.05) is 31.1 Å². The molecule has 1 aromatic carbocycles. The third kappa shape index (κ3) is 4.01. The molecule has 1 heterocycles. The van der Waals surface area contributed by atoms with E-state index in [1.165, 1.54) is 23.1 Å². The molecule has 0 aromatic heterocycles. The minimum absolute atomic E-state index is 0.113. The predicted molar refractivity (Wildman–Crippen MR) is 77.4 cm³/mol. The lowest BCUT2D eigenvalue weighted by molar-refractivity contribution is -0.384. The lowest BCUT2D eigenvalue weighted by atomic mass is 10.1. The first-order valence-corrected chi connectivity index (χ1v) is 7.05. The molecule has 0 N–H and O–H groups in total. The van der Waals surface area contributed by atoms with Gasteiger partial charge in [-0.05, 0) is 13.0 Å². The Kier molecular flexibility index (Phi) is 4.81. The van der Waals surface area contributed by atoms with E-state index < -0.39 is 17.6 Å². The summed E-state index contributed by atoms with van der Waals surface area (Å²) in [4.78, 5) is 13.4. The second-order valence-corrected chi connectivity index (χ2v) is 5.68. The SMILES string of the molecule is CC1CN(c2ccc([N+](=O)[O-])cc2Cl)CCN1CC(F)(F)F. The maximum Gasteiger partial charge on any atom is 0.401 e. The Labute approximate surface area is 130 Å². The van der Waals surface area contributed by atoms with Crippen molar-refractivity contribution in [3.8, 4) is 0 Å². The van der Waals surface area contributed by atoms with Crippen molar-refractivity contribution >= 4 is 23.0 Å². The number of anilines is 1. The largest absolute Gasteiger partial charge is 0.401 e. The number of alkyl halides is 3. The van der Waals surface area contributed by atoms with Crippen LogP contribution in [0.2, 0.25) is 5.02 Å². The van der Waals surface area contributed by atoms with Gasteiger partial charge in [0.25, 0.3) is 5.69 Å². The van der Waals surface area contributed by atoms with Crippen LogP contribution in [0.3, 0.4) is 0 Å². The zero-order valence-electron chi connectivity index (χ0n) is 11.8. The van der Waals surface area contributed by atoms with Crippen LogP contribution in [0.1, 0.15) is 6.92 Å². The van der Waals surface area contributed by atoms with Gasteiger partial charge < -0.3 is 4.90 Å². The summed E-state index contributed by atoms with van der Waals surface area (Å²) >= 11 is 6.06. The van der Waals surface area contributed by atoms with Crippen LogP contribution >= 0.6 is 11.6 Å². The average molecular weight is 338 g/mol. The highest BCUT2D eigenvalue weighted by Crippen LogP contribution is 2.31. The first-order valence-electron chi connectivity index (χ1n) is 6.67. The molecule has 1 aliphatic heterocycles. The van der Waals surface area contributed by atoms with E-state index in [1.807, 2.05) is 4.90 Å². The minimum atomic E-state index is -4.22. The summed E-state index contributed by atoms with van der Waals surface area (Å²) in [5.74, 6) is 0. The Bertz CT molecular complexity index is 568. The van der Waals surface area contributed by atoms with Crippen molar-refractivity contribution in [1.29, 1.82) is 0 Å². The van der Waals surface area contributed by atoms with Gasteiger partial charge in [-0.25, -0.2) is 0 Å². The first-order chi connectivity index (χ1) is 10.2. The molecule has 5 nitrogen and oxygen atoms in total. The van der Waals surface area contributed by atoms with Crippen molar-refractivity contribution in [2.24, 2.45) is 0 Å². The number of piperazine rings is 1. The first kappa shape index (κ1) is 16.8. The van der Waals surface area contributed by atoms with E-state index in [4.69, 9.17) is 11.6 Å². The Morgan fingerprint density at radius 1 is 1.41 bits per heavy atom. The van der Waals surface area contributed by atoms with E-state index in [0.717, 1.165) is 0 Å². The third-order valence-electron chi connectivity index (χ3n) is 3.63. The quantitative estimate of drug-likeness (QED) is 0.627. The standard InChI is InChI=1S/C13H15ClF3N3O2/c1-9-7-18(4-5-19(9)8-13(15,16)17)12-3-2-10(20(21)22)6-11(12)14/h2-3,6,9H,4-5,7-8H2,1H3. The summed E-state index contributed by atoms with van der Waals surface area (Å²) in [5.41, 5.74) is 0.489. The number of halogens is 4. The number of nitrogens with zero attached hydrogens (tertiary/aromatic N) is 3. The molecule has 0 aliphatic carbocycles. The Hall–Kier alpha value is -1.54. The van der Waals surface area contributed by atoms with E-state index in [2.05, 4.69) is 0 Å². The van der Waals surface area contributed by atoms with Crippen molar-refractivity contribution in [3.63, 3.8) is 0 Å². The van der Waals surface area contributed by atoms with Crippen molar-refractivity contribution in [3.05, 3.63) is 33.3 Å². The van der Waals surface area contributed by atoms with Crippen LogP contribution in [0.4, 0.5) is 24.5 Å². The number of nitro groups is 1. The van der Waals surface area contributed by atoms with Gasteiger partial charge in [0, 0.05) is 37.8 Å². The summed E-state index contributed by atoms with van der Waals surface area (Å²) in [7, 11) is 0. The van der Waals surface area contributed by atoms with Gasteiger partial charge in [0.2, 0.25) is 0 Å². The van der Waals surface area contributed by atoms with Gasteiger partial charge in [0.15, 0.2) is 0 Å². The maximum atomic E-state index is 12.5. The van der Waals surface area contributed by atoms with Gasteiger partial charge in [0.1, 0.15) is 0 Å². The number of non-ortho nitro benzene ring substituents is 1. The van der Waals surface area contributed by atoms with E-state index in [1.54, 1.807) is 6.92 Å². The van der Waals surface area contributed by atoms with Gasteiger partial charge in [-0.2, -0.15) is 13.2 Å². The Balaban J connectivity index is 2.09. The highest BCUT2D eigenvalue weighted by molar-refractivity contribution is 6.33. The van der Waals surface area contributed by atoms with Gasteiger partial charge in [-0.1, -0.05) is 11.6 Å². The molecule has 22 heavy (non-hydrogen) atoms. The normalized spacial score (nSPS) is 20.2. The fourth-order valence-electron chi connectivity index (χ4n) is 2.55. The van der Waals surface area contributed by atoms with Crippen LogP contribution in [0.5, 0.6) is 0 Å². The van der Waals surface area contributed by atoms with E-state index in [0.29, 0.717) is 18.8 Å². The number of benzene rings is 1. The van der Waals surface area contributed by atoms with Crippen LogP contribution in [0.25, 0.3) is 0 Å². The molecule has 9 heteroatoms. The van der Waals surface area contributed by atoms with Crippen LogP contribution in [0, 0.1) is 10.1 Å². The Morgan fingerprint density at radius 2 is 2.09 bits per heavy atom. The second kappa shape index (κ2) is 6.29. The summed E-state index contributed by atoms with van der Waals surface area (Å²) in [6.45, 7) is 1.81. The van der Waals surface area contributed by atoms with Crippen molar-refractivity contribution < 1.29 is 18.1 Å². The molecule has 0 amide bonds. The maximum absolute atomic E-state index is 12.5. The summed E-state index contributed by atoms with van der Waals surface area (Å²) in [5, 5.41) is 10.9. The minimum Gasteiger partial charge on any atom is -0.367 e. The topological polar surface area (TPSA) is 49.6 Å².